The summed E-state index contributed by atoms with van der Waals surface area (Å²) in [6, 6.07) is 73.1. The molecular formula is C69H47N3O. The molecule has 0 aliphatic heterocycles. The highest BCUT2D eigenvalue weighted by atomic mass is 16.3. The highest BCUT2D eigenvalue weighted by molar-refractivity contribution is 6.11. The van der Waals surface area contributed by atoms with E-state index < -0.39 is 10.8 Å². The van der Waals surface area contributed by atoms with Crippen molar-refractivity contribution < 1.29 is 4.42 Å². The fraction of sp³-hybridized carbons (Fsp3) is 0.0870. The molecule has 15 rings (SSSR count). The van der Waals surface area contributed by atoms with E-state index in [2.05, 4.69) is 234 Å². The first-order valence-corrected chi connectivity index (χ1v) is 25.3. The van der Waals surface area contributed by atoms with Gasteiger partial charge in [0.25, 0.3) is 0 Å². The van der Waals surface area contributed by atoms with Crippen molar-refractivity contribution in [3.05, 3.63) is 286 Å². The van der Waals surface area contributed by atoms with Gasteiger partial charge in [0.2, 0.25) is 0 Å². The molecule has 0 fully saturated rings. The van der Waals surface area contributed by atoms with Crippen molar-refractivity contribution in [2.45, 2.75) is 37.0 Å². The van der Waals surface area contributed by atoms with Crippen molar-refractivity contribution >= 4 is 27.5 Å². The lowest BCUT2D eigenvalue weighted by Crippen LogP contribution is -2.44. The maximum Gasteiger partial charge on any atom is 0.164 e. The number of allylic oxidation sites excluding steroid dienone is 5. The maximum atomic E-state index is 7.25. The van der Waals surface area contributed by atoms with Gasteiger partial charge in [0.1, 0.15) is 11.2 Å². The van der Waals surface area contributed by atoms with Gasteiger partial charge in [0.15, 0.2) is 17.5 Å². The van der Waals surface area contributed by atoms with E-state index in [1.807, 2.05) is 12.1 Å². The number of nitrogens with zero attached hydrogens (tertiary/aromatic N) is 3. The van der Waals surface area contributed by atoms with E-state index in [4.69, 9.17) is 19.4 Å². The summed E-state index contributed by atoms with van der Waals surface area (Å²) in [5, 5.41) is 2.18. The summed E-state index contributed by atoms with van der Waals surface area (Å²) in [6.45, 7) is 11.1. The van der Waals surface area contributed by atoms with Crippen LogP contribution in [0.2, 0.25) is 0 Å². The van der Waals surface area contributed by atoms with Crippen LogP contribution in [0.5, 0.6) is 0 Å². The Morgan fingerprint density at radius 1 is 0.438 bits per heavy atom. The van der Waals surface area contributed by atoms with Crippen LogP contribution in [-0.4, -0.2) is 15.0 Å². The highest BCUT2D eigenvalue weighted by Crippen LogP contribution is 2.69. The highest BCUT2D eigenvalue weighted by Gasteiger charge is 2.60. The van der Waals surface area contributed by atoms with Crippen molar-refractivity contribution in [2.24, 2.45) is 0 Å². The minimum atomic E-state index is -0.829. The molecule has 0 radical (unpaired) electrons. The van der Waals surface area contributed by atoms with Gasteiger partial charge in [-0.1, -0.05) is 221 Å². The van der Waals surface area contributed by atoms with Crippen molar-refractivity contribution in [1.29, 1.82) is 0 Å². The van der Waals surface area contributed by atoms with Crippen LogP contribution in [0.25, 0.3) is 83.9 Å². The lowest BCUT2D eigenvalue weighted by atomic mass is 9.52. The van der Waals surface area contributed by atoms with Gasteiger partial charge in [-0.15, -0.1) is 0 Å². The minimum Gasteiger partial charge on any atom is -0.456 e. The molecule has 344 valence electrons. The molecule has 4 aliphatic carbocycles. The number of furan rings is 1. The van der Waals surface area contributed by atoms with Crippen molar-refractivity contribution in [1.82, 2.24) is 15.0 Å². The predicted molar refractivity (Wildman–Crippen MR) is 297 cm³/mol. The molecule has 0 N–H and O–H groups in total. The first-order valence-electron chi connectivity index (χ1n) is 25.3. The molecule has 0 amide bonds. The molecule has 9 aromatic carbocycles. The Balaban J connectivity index is 1.05. The second kappa shape index (κ2) is 15.0. The summed E-state index contributed by atoms with van der Waals surface area (Å²) >= 11 is 0. The first-order chi connectivity index (χ1) is 35.8. The van der Waals surface area contributed by atoms with Crippen LogP contribution >= 0.6 is 0 Å². The van der Waals surface area contributed by atoms with Gasteiger partial charge < -0.3 is 4.42 Å². The molecule has 0 bridgehead atoms. The monoisotopic (exact) mass is 933 g/mol. The SMILES string of the molecule is C=C/C=C\C1=C(C)c2ccccc2C12c1ccccc1C1(c3ccccc32)c2cccc(-c3nc(-c4ccccc4)nc(-c4ccc5c(c4)C(C)(C)c4ccccc4-5)n3)c2-c2ccc3c(oc4ccccc43)c21. The number of fused-ring (bicyclic) bond motifs is 20. The molecule has 0 unspecified atom stereocenters. The Morgan fingerprint density at radius 3 is 1.74 bits per heavy atom. The quantitative estimate of drug-likeness (QED) is 0.161. The average molecular weight is 934 g/mol. The van der Waals surface area contributed by atoms with Gasteiger partial charge in [0, 0.05) is 38.4 Å². The summed E-state index contributed by atoms with van der Waals surface area (Å²) in [5.74, 6) is 1.87. The summed E-state index contributed by atoms with van der Waals surface area (Å²) in [6.07, 6.45) is 6.29. The van der Waals surface area contributed by atoms with Gasteiger partial charge >= 0.3 is 0 Å². The van der Waals surface area contributed by atoms with E-state index >= 15 is 0 Å². The van der Waals surface area contributed by atoms with Crippen molar-refractivity contribution in [2.75, 3.05) is 0 Å². The zero-order chi connectivity index (χ0) is 48.8. The molecule has 4 nitrogen and oxygen atoms in total. The van der Waals surface area contributed by atoms with Crippen LogP contribution in [-0.2, 0) is 16.2 Å². The Bertz CT molecular complexity index is 4230. The number of hydrogen-bond acceptors (Lipinski definition) is 4. The van der Waals surface area contributed by atoms with Crippen LogP contribution in [0.3, 0.4) is 0 Å². The molecule has 0 atom stereocenters. The molecule has 2 heterocycles. The van der Waals surface area contributed by atoms with E-state index in [0.717, 1.165) is 60.9 Å². The third kappa shape index (κ3) is 5.32. The Hall–Kier alpha value is -8.99. The van der Waals surface area contributed by atoms with Gasteiger partial charge in [-0.05, 0) is 109 Å². The average Bonchev–Trinajstić information content (AvgIpc) is 4.31. The molecule has 4 aliphatic rings. The van der Waals surface area contributed by atoms with E-state index in [1.165, 1.54) is 66.8 Å². The summed E-state index contributed by atoms with van der Waals surface area (Å²) in [4.78, 5) is 16.3. The zero-order valence-electron chi connectivity index (χ0n) is 40.7. The standard InChI is InChI=1S/C69H47N3O/c1-5-6-27-51-41(2)44-23-10-14-29-53(44)68(51)54-30-15-17-32-56(54)69(57-33-18-16-31-55(57)68)58-34-20-26-50(61(58)49-39-38-48-47-25-12-19-35-60(47)73-63(48)62(49)69)66-71-64(42-21-8-7-9-22-42)70-65(72-66)43-36-37-46-45-24-11-13-28-52(45)67(3,4)59(46)40-43/h5-40H,1H2,2-4H3/b27-6-. The van der Waals surface area contributed by atoms with Crippen LogP contribution in [0, 0.1) is 0 Å². The molecule has 2 spiro atoms. The molecule has 11 aromatic rings. The fourth-order valence-electron chi connectivity index (χ4n) is 13.9. The Morgan fingerprint density at radius 2 is 1.00 bits per heavy atom. The third-order valence-corrected chi connectivity index (χ3v) is 16.8. The van der Waals surface area contributed by atoms with Gasteiger partial charge in [-0.3, -0.25) is 0 Å². The molecule has 73 heavy (non-hydrogen) atoms. The number of para-hydroxylation sites is 1. The topological polar surface area (TPSA) is 51.8 Å². The van der Waals surface area contributed by atoms with Crippen molar-refractivity contribution in [3.63, 3.8) is 0 Å². The smallest absolute Gasteiger partial charge is 0.164 e. The Labute approximate surface area is 424 Å². The van der Waals surface area contributed by atoms with Crippen LogP contribution in [0.15, 0.2) is 235 Å². The molecular weight excluding hydrogens is 887 g/mol. The van der Waals surface area contributed by atoms with Crippen LogP contribution in [0.4, 0.5) is 0 Å². The number of aromatic nitrogens is 3. The third-order valence-electron chi connectivity index (χ3n) is 16.8. The zero-order valence-corrected chi connectivity index (χ0v) is 40.7. The number of hydrogen-bond donors (Lipinski definition) is 0. The largest absolute Gasteiger partial charge is 0.456 e. The molecule has 2 aromatic heterocycles. The van der Waals surface area contributed by atoms with E-state index in [-0.39, 0.29) is 5.41 Å². The Kier molecular flexibility index (Phi) is 8.59. The van der Waals surface area contributed by atoms with Gasteiger partial charge in [-0.25, -0.2) is 15.0 Å². The second-order valence-electron chi connectivity index (χ2n) is 20.6. The molecule has 0 saturated heterocycles. The minimum absolute atomic E-state index is 0.191. The van der Waals surface area contributed by atoms with E-state index in [9.17, 15) is 0 Å². The summed E-state index contributed by atoms with van der Waals surface area (Å²) in [7, 11) is 0. The number of benzene rings is 9. The van der Waals surface area contributed by atoms with E-state index in [1.54, 1.807) is 0 Å². The number of rotatable bonds is 5. The molecule has 4 heteroatoms. The van der Waals surface area contributed by atoms with Crippen molar-refractivity contribution in [3.8, 4) is 56.4 Å². The lowest BCUT2D eigenvalue weighted by molar-refractivity contribution is 0.613. The van der Waals surface area contributed by atoms with Gasteiger partial charge in [0.05, 0.1) is 10.8 Å². The van der Waals surface area contributed by atoms with Crippen LogP contribution < -0.4 is 0 Å². The second-order valence-corrected chi connectivity index (χ2v) is 20.6. The summed E-state index contributed by atoms with van der Waals surface area (Å²) < 4.78 is 7.25. The van der Waals surface area contributed by atoms with Crippen LogP contribution in [0.1, 0.15) is 76.4 Å². The fourth-order valence-corrected chi connectivity index (χ4v) is 13.9. The molecule has 0 saturated carbocycles. The first kappa shape index (κ1) is 41.8. The normalized spacial score (nSPS) is 18.2. The summed E-state index contributed by atoms with van der Waals surface area (Å²) in [5.41, 5.74) is 22.5. The van der Waals surface area contributed by atoms with E-state index in [0.29, 0.717) is 17.5 Å². The predicted octanol–water partition coefficient (Wildman–Crippen LogP) is 16.6. The van der Waals surface area contributed by atoms with Gasteiger partial charge in [-0.2, -0.15) is 0 Å². The maximum absolute atomic E-state index is 7.25. The lowest BCUT2D eigenvalue weighted by Gasteiger charge is -2.49.